The summed E-state index contributed by atoms with van der Waals surface area (Å²) in [6.45, 7) is 3.82. The molecule has 0 unspecified atom stereocenters. The summed E-state index contributed by atoms with van der Waals surface area (Å²) in [5, 5.41) is 1.02. The molecule has 0 radical (unpaired) electrons. The van der Waals surface area contributed by atoms with Crippen molar-refractivity contribution in [1.82, 2.24) is 14.8 Å². The fraction of sp³-hybridized carbons (Fsp3) is 0.375. The average molecular weight is 337 g/mol. The highest BCUT2D eigenvalue weighted by Gasteiger charge is 2.26. The number of rotatable bonds is 2. The van der Waals surface area contributed by atoms with E-state index in [1.165, 1.54) is 0 Å². The highest BCUT2D eigenvalue weighted by Crippen LogP contribution is 2.17. The van der Waals surface area contributed by atoms with E-state index < -0.39 is 6.04 Å². The van der Waals surface area contributed by atoms with Crippen LogP contribution < -0.4 is 5.73 Å². The monoisotopic (exact) mass is 336 g/mol. The van der Waals surface area contributed by atoms with E-state index in [9.17, 15) is 9.59 Å². The fourth-order valence-electron chi connectivity index (χ4n) is 2.78. The number of fused-ring (bicyclic) bond motifs is 1. The molecule has 1 aromatic carbocycles. The Balaban J connectivity index is 0.00000192. The number of H-pyrrole nitrogens is 1. The highest BCUT2D eigenvalue weighted by atomic mass is 35.5. The van der Waals surface area contributed by atoms with Gasteiger partial charge in [-0.2, -0.15) is 0 Å². The van der Waals surface area contributed by atoms with Crippen LogP contribution in [0.4, 0.5) is 0 Å². The van der Waals surface area contributed by atoms with Crippen LogP contribution in [0.15, 0.2) is 30.3 Å². The molecule has 3 N–H and O–H groups in total. The lowest BCUT2D eigenvalue weighted by molar-refractivity contribution is -0.133. The zero-order valence-electron chi connectivity index (χ0n) is 13.0. The molecule has 2 amide bonds. The second-order valence-electron chi connectivity index (χ2n) is 5.68. The summed E-state index contributed by atoms with van der Waals surface area (Å²) in [5.41, 5.74) is 7.16. The number of amides is 2. The largest absolute Gasteiger partial charge is 0.351 e. The smallest absolute Gasteiger partial charge is 0.270 e. The first-order valence-electron chi connectivity index (χ1n) is 7.47. The first kappa shape index (κ1) is 17.3. The number of aromatic nitrogens is 1. The molecule has 1 saturated heterocycles. The first-order chi connectivity index (χ1) is 10.6. The third-order valence-corrected chi connectivity index (χ3v) is 4.03. The standard InChI is InChI=1S/C16H20N4O2.ClH/c1-11(17)15(21)19-6-8-20(9-7-19)16(22)14-10-12-4-2-3-5-13(12)18-14;/h2-5,10-11,18H,6-9,17H2,1H3;1H/t11-;/m1./s1. The van der Waals surface area contributed by atoms with Gasteiger partial charge in [-0.25, -0.2) is 0 Å². The number of carbonyl (C=O) groups is 2. The Kier molecular flexibility index (Phi) is 5.28. The topological polar surface area (TPSA) is 82.4 Å². The number of benzene rings is 1. The molecular formula is C16H21ClN4O2. The quantitative estimate of drug-likeness (QED) is 0.865. The number of carbonyl (C=O) groups excluding carboxylic acids is 2. The molecule has 1 atom stereocenters. The first-order valence-corrected chi connectivity index (χ1v) is 7.47. The molecule has 6 nitrogen and oxygen atoms in total. The van der Waals surface area contributed by atoms with Gasteiger partial charge < -0.3 is 20.5 Å². The second-order valence-corrected chi connectivity index (χ2v) is 5.68. The predicted molar refractivity (Wildman–Crippen MR) is 91.7 cm³/mol. The second kappa shape index (κ2) is 7.02. The molecule has 0 spiro atoms. The maximum atomic E-state index is 12.5. The highest BCUT2D eigenvalue weighted by molar-refractivity contribution is 5.98. The Morgan fingerprint density at radius 2 is 1.74 bits per heavy atom. The van der Waals surface area contributed by atoms with Crippen LogP contribution in [0, 0.1) is 0 Å². The van der Waals surface area contributed by atoms with Crippen LogP contribution in [0.25, 0.3) is 10.9 Å². The number of nitrogens with two attached hydrogens (primary N) is 1. The molecule has 1 aliphatic heterocycles. The van der Waals surface area contributed by atoms with Gasteiger partial charge in [0.05, 0.1) is 6.04 Å². The number of hydrogen-bond acceptors (Lipinski definition) is 3. The van der Waals surface area contributed by atoms with E-state index in [1.807, 2.05) is 30.3 Å². The third-order valence-electron chi connectivity index (χ3n) is 4.03. The number of piperazine rings is 1. The van der Waals surface area contributed by atoms with E-state index in [1.54, 1.807) is 16.7 Å². The molecule has 0 aliphatic carbocycles. The van der Waals surface area contributed by atoms with Crippen molar-refractivity contribution in [3.05, 3.63) is 36.0 Å². The van der Waals surface area contributed by atoms with Crippen molar-refractivity contribution in [2.45, 2.75) is 13.0 Å². The maximum Gasteiger partial charge on any atom is 0.270 e. The summed E-state index contributed by atoms with van der Waals surface area (Å²) in [6.07, 6.45) is 0. The summed E-state index contributed by atoms with van der Waals surface area (Å²) in [7, 11) is 0. The molecule has 1 aromatic heterocycles. The van der Waals surface area contributed by atoms with Gasteiger partial charge in [-0.05, 0) is 19.1 Å². The van der Waals surface area contributed by atoms with Crippen LogP contribution in [0.5, 0.6) is 0 Å². The predicted octanol–water partition coefficient (Wildman–Crippen LogP) is 1.22. The lowest BCUT2D eigenvalue weighted by Crippen LogP contribution is -2.53. The van der Waals surface area contributed by atoms with Crippen molar-refractivity contribution in [2.24, 2.45) is 5.73 Å². The number of para-hydroxylation sites is 1. The van der Waals surface area contributed by atoms with Gasteiger partial charge in [0.2, 0.25) is 5.91 Å². The molecule has 3 rings (SSSR count). The number of halogens is 1. The number of nitrogens with one attached hydrogen (secondary N) is 1. The van der Waals surface area contributed by atoms with Crippen molar-refractivity contribution in [3.63, 3.8) is 0 Å². The van der Waals surface area contributed by atoms with Crippen LogP contribution in [0.2, 0.25) is 0 Å². The van der Waals surface area contributed by atoms with Gasteiger partial charge in [-0.15, -0.1) is 12.4 Å². The van der Waals surface area contributed by atoms with Crippen molar-refractivity contribution in [3.8, 4) is 0 Å². The molecular weight excluding hydrogens is 316 g/mol. The van der Waals surface area contributed by atoms with Crippen molar-refractivity contribution >= 4 is 35.1 Å². The summed E-state index contributed by atoms with van der Waals surface area (Å²) >= 11 is 0. The Hall–Kier alpha value is -2.05. The molecule has 124 valence electrons. The molecule has 2 aromatic rings. The molecule has 2 heterocycles. The SMILES string of the molecule is C[C@@H](N)C(=O)N1CCN(C(=O)c2cc3ccccc3[nH]2)CC1.Cl. The van der Waals surface area contributed by atoms with E-state index in [2.05, 4.69) is 4.98 Å². The molecule has 1 fully saturated rings. The molecule has 23 heavy (non-hydrogen) atoms. The van der Waals surface area contributed by atoms with Gasteiger partial charge in [0, 0.05) is 37.1 Å². The van der Waals surface area contributed by atoms with Crippen LogP contribution in [0.1, 0.15) is 17.4 Å². The van der Waals surface area contributed by atoms with Gasteiger partial charge in [0.25, 0.3) is 5.91 Å². The fourth-order valence-corrected chi connectivity index (χ4v) is 2.78. The van der Waals surface area contributed by atoms with Gasteiger partial charge in [0.1, 0.15) is 5.69 Å². The number of aromatic amines is 1. The number of nitrogens with zero attached hydrogens (tertiary/aromatic N) is 2. The van der Waals surface area contributed by atoms with E-state index >= 15 is 0 Å². The lowest BCUT2D eigenvalue weighted by Gasteiger charge is -2.35. The van der Waals surface area contributed by atoms with Crippen molar-refractivity contribution in [2.75, 3.05) is 26.2 Å². The third kappa shape index (κ3) is 3.48. The van der Waals surface area contributed by atoms with Gasteiger partial charge in [0.15, 0.2) is 0 Å². The summed E-state index contributed by atoms with van der Waals surface area (Å²) < 4.78 is 0. The van der Waals surface area contributed by atoms with Crippen molar-refractivity contribution in [1.29, 1.82) is 0 Å². The maximum absolute atomic E-state index is 12.5. The molecule has 1 aliphatic rings. The summed E-state index contributed by atoms with van der Waals surface area (Å²) in [6, 6.07) is 9.19. The van der Waals surface area contributed by atoms with Crippen LogP contribution in [0.3, 0.4) is 0 Å². The van der Waals surface area contributed by atoms with E-state index in [4.69, 9.17) is 5.73 Å². The van der Waals surface area contributed by atoms with E-state index in [-0.39, 0.29) is 24.2 Å². The van der Waals surface area contributed by atoms with Gasteiger partial charge >= 0.3 is 0 Å². The minimum atomic E-state index is -0.490. The Bertz CT molecular complexity index is 672. The average Bonchev–Trinajstić information content (AvgIpc) is 2.97. The van der Waals surface area contributed by atoms with Crippen molar-refractivity contribution < 1.29 is 9.59 Å². The Morgan fingerprint density at radius 3 is 2.35 bits per heavy atom. The minimum absolute atomic E-state index is 0. The molecule has 7 heteroatoms. The normalized spacial score (nSPS) is 16.1. The van der Waals surface area contributed by atoms with Gasteiger partial charge in [-0.1, -0.05) is 18.2 Å². The lowest BCUT2D eigenvalue weighted by atomic mass is 10.2. The minimum Gasteiger partial charge on any atom is -0.351 e. The van der Waals surface area contributed by atoms with Gasteiger partial charge in [-0.3, -0.25) is 9.59 Å². The zero-order valence-corrected chi connectivity index (χ0v) is 13.8. The van der Waals surface area contributed by atoms with Crippen LogP contribution in [-0.2, 0) is 4.79 Å². The van der Waals surface area contributed by atoms with E-state index in [0.717, 1.165) is 10.9 Å². The molecule has 0 saturated carbocycles. The molecule has 0 bridgehead atoms. The summed E-state index contributed by atoms with van der Waals surface area (Å²) in [5.74, 6) is -0.0817. The van der Waals surface area contributed by atoms with Crippen LogP contribution in [-0.4, -0.2) is 58.8 Å². The number of hydrogen-bond donors (Lipinski definition) is 2. The van der Waals surface area contributed by atoms with Crippen LogP contribution >= 0.6 is 12.4 Å². The Labute approximate surface area is 141 Å². The summed E-state index contributed by atoms with van der Waals surface area (Å²) in [4.78, 5) is 31.0. The zero-order chi connectivity index (χ0) is 15.7. The Morgan fingerprint density at radius 1 is 1.13 bits per heavy atom. The van der Waals surface area contributed by atoms with E-state index in [0.29, 0.717) is 31.9 Å².